The Morgan fingerprint density at radius 2 is 1.83 bits per heavy atom. The molecule has 0 amide bonds. The summed E-state index contributed by atoms with van der Waals surface area (Å²) in [4.78, 5) is 0. The van der Waals surface area contributed by atoms with Crippen LogP contribution in [0.25, 0.3) is 0 Å². The molecule has 0 aliphatic carbocycles. The van der Waals surface area contributed by atoms with Crippen LogP contribution in [0.4, 0.5) is 0 Å². The lowest BCUT2D eigenvalue weighted by atomic mass is 10.0. The van der Waals surface area contributed by atoms with Crippen molar-refractivity contribution in [3.63, 3.8) is 0 Å². The summed E-state index contributed by atoms with van der Waals surface area (Å²) in [5.41, 5.74) is 3.18. The minimum absolute atomic E-state index is 0.290. The van der Waals surface area contributed by atoms with Crippen molar-refractivity contribution >= 4 is 21.4 Å². The fraction of sp³-hybridized carbons (Fsp3) is 0.222. The molecule has 1 unspecified atom stereocenters. The first-order chi connectivity index (χ1) is 11.6. The first-order valence-electron chi connectivity index (χ1n) is 7.84. The van der Waals surface area contributed by atoms with Crippen LogP contribution in [0.1, 0.15) is 22.9 Å². The van der Waals surface area contributed by atoms with E-state index in [4.69, 9.17) is 0 Å². The van der Waals surface area contributed by atoms with Crippen molar-refractivity contribution in [1.82, 2.24) is 8.87 Å². The summed E-state index contributed by atoms with van der Waals surface area (Å²) >= 11 is 1.27. The van der Waals surface area contributed by atoms with Crippen LogP contribution in [0.2, 0.25) is 0 Å². The molecular weight excluding hydrogens is 340 g/mol. The summed E-state index contributed by atoms with van der Waals surface area (Å²) in [6.45, 7) is 3.18. The standard InChI is InChI=1S/C18H18N2O2S2/c1-14-6-8-15(9-7-14)18-16-4-2-10-19(16)11-12-20(18)24(21,22)17-5-3-13-23-17/h2-10,13,18H,11-12H2,1H3. The van der Waals surface area contributed by atoms with Crippen LogP contribution in [0.15, 0.2) is 64.3 Å². The largest absolute Gasteiger partial charge is 0.348 e. The number of rotatable bonds is 3. The molecule has 24 heavy (non-hydrogen) atoms. The normalized spacial score (nSPS) is 18.5. The monoisotopic (exact) mass is 358 g/mol. The Bertz CT molecular complexity index is 941. The molecule has 1 aliphatic heterocycles. The minimum atomic E-state index is -3.51. The van der Waals surface area contributed by atoms with Gasteiger partial charge in [-0.15, -0.1) is 11.3 Å². The van der Waals surface area contributed by atoms with Crippen molar-refractivity contribution in [3.05, 3.63) is 76.9 Å². The molecule has 0 radical (unpaired) electrons. The van der Waals surface area contributed by atoms with E-state index in [2.05, 4.69) is 4.57 Å². The number of hydrogen-bond donors (Lipinski definition) is 0. The summed E-state index contributed by atoms with van der Waals surface area (Å²) < 4.78 is 30.5. The summed E-state index contributed by atoms with van der Waals surface area (Å²) in [5.74, 6) is 0. The number of sulfonamides is 1. The topological polar surface area (TPSA) is 42.3 Å². The quantitative estimate of drug-likeness (QED) is 0.717. The van der Waals surface area contributed by atoms with Gasteiger partial charge in [0.15, 0.2) is 0 Å². The third-order valence-corrected chi connectivity index (χ3v) is 7.68. The number of nitrogens with zero attached hydrogens (tertiary/aromatic N) is 2. The van der Waals surface area contributed by atoms with Crippen LogP contribution in [0.5, 0.6) is 0 Å². The van der Waals surface area contributed by atoms with Gasteiger partial charge in [-0.1, -0.05) is 35.9 Å². The molecule has 1 aromatic carbocycles. The fourth-order valence-corrected chi connectivity index (χ4v) is 5.93. The second-order valence-electron chi connectivity index (χ2n) is 5.99. The summed E-state index contributed by atoms with van der Waals surface area (Å²) in [6, 6.07) is 15.3. The Hall–Kier alpha value is -1.89. The van der Waals surface area contributed by atoms with E-state index in [1.165, 1.54) is 11.3 Å². The van der Waals surface area contributed by atoms with Crippen molar-refractivity contribution < 1.29 is 8.42 Å². The summed E-state index contributed by atoms with van der Waals surface area (Å²) in [7, 11) is -3.51. The average Bonchev–Trinajstić information content (AvgIpc) is 3.26. The lowest BCUT2D eigenvalue weighted by Gasteiger charge is -2.36. The van der Waals surface area contributed by atoms with Gasteiger partial charge >= 0.3 is 0 Å². The van der Waals surface area contributed by atoms with Gasteiger partial charge in [0.2, 0.25) is 0 Å². The van der Waals surface area contributed by atoms with Crippen LogP contribution < -0.4 is 0 Å². The second-order valence-corrected chi connectivity index (χ2v) is 9.05. The molecule has 0 saturated carbocycles. The smallest absolute Gasteiger partial charge is 0.253 e. The maximum atomic E-state index is 13.2. The van der Waals surface area contributed by atoms with Gasteiger partial charge in [0, 0.05) is 25.0 Å². The van der Waals surface area contributed by atoms with Crippen molar-refractivity contribution in [3.8, 4) is 0 Å². The number of benzene rings is 1. The zero-order chi connectivity index (χ0) is 16.7. The molecule has 0 bridgehead atoms. The molecule has 3 aromatic rings. The van der Waals surface area contributed by atoms with Crippen LogP contribution in [-0.4, -0.2) is 23.8 Å². The van der Waals surface area contributed by atoms with E-state index in [0.29, 0.717) is 17.3 Å². The Kier molecular flexibility index (Phi) is 3.83. The third kappa shape index (κ3) is 2.51. The van der Waals surface area contributed by atoms with E-state index >= 15 is 0 Å². The maximum Gasteiger partial charge on any atom is 0.253 e. The molecule has 0 fully saturated rings. The molecule has 3 heterocycles. The van der Waals surface area contributed by atoms with E-state index < -0.39 is 10.0 Å². The molecule has 124 valence electrons. The van der Waals surface area contributed by atoms with Gasteiger partial charge in [0.05, 0.1) is 6.04 Å². The SMILES string of the molecule is Cc1ccc(C2c3cccn3CCN2S(=O)(=O)c2cccs2)cc1. The number of thiophene rings is 1. The molecular formula is C18H18N2O2S2. The van der Waals surface area contributed by atoms with Crippen LogP contribution in [-0.2, 0) is 16.6 Å². The lowest BCUT2D eigenvalue weighted by Crippen LogP contribution is -2.42. The third-order valence-electron chi connectivity index (χ3n) is 4.45. The van der Waals surface area contributed by atoms with Crippen molar-refractivity contribution in [2.24, 2.45) is 0 Å². The number of aryl methyl sites for hydroxylation is 1. The molecule has 4 nitrogen and oxygen atoms in total. The summed E-state index contributed by atoms with van der Waals surface area (Å²) in [6.07, 6.45) is 2.02. The zero-order valence-corrected chi connectivity index (χ0v) is 14.9. The minimum Gasteiger partial charge on any atom is -0.348 e. The van der Waals surface area contributed by atoms with Crippen LogP contribution in [0.3, 0.4) is 0 Å². The molecule has 4 rings (SSSR count). The van der Waals surface area contributed by atoms with Gasteiger partial charge in [-0.2, -0.15) is 4.31 Å². The van der Waals surface area contributed by atoms with E-state index in [-0.39, 0.29) is 6.04 Å². The first-order valence-corrected chi connectivity index (χ1v) is 10.2. The fourth-order valence-electron chi connectivity index (χ4n) is 3.23. The highest BCUT2D eigenvalue weighted by Crippen LogP contribution is 2.37. The second kappa shape index (κ2) is 5.88. The Morgan fingerprint density at radius 3 is 2.54 bits per heavy atom. The highest BCUT2D eigenvalue weighted by Gasteiger charge is 2.37. The van der Waals surface area contributed by atoms with Crippen LogP contribution in [0, 0.1) is 6.92 Å². The molecule has 1 atom stereocenters. The molecule has 6 heteroatoms. The highest BCUT2D eigenvalue weighted by atomic mass is 32.2. The zero-order valence-electron chi connectivity index (χ0n) is 13.3. The van der Waals surface area contributed by atoms with Crippen molar-refractivity contribution in [1.29, 1.82) is 0 Å². The molecule has 0 N–H and O–H groups in total. The van der Waals surface area contributed by atoms with Gasteiger partial charge in [-0.25, -0.2) is 8.42 Å². The van der Waals surface area contributed by atoms with Gasteiger partial charge in [0.1, 0.15) is 4.21 Å². The first kappa shape index (κ1) is 15.6. The Balaban J connectivity index is 1.86. The predicted molar refractivity (Wildman–Crippen MR) is 95.7 cm³/mol. The summed E-state index contributed by atoms with van der Waals surface area (Å²) in [5, 5.41) is 1.81. The van der Waals surface area contributed by atoms with Gasteiger partial charge < -0.3 is 4.57 Å². The van der Waals surface area contributed by atoms with E-state index in [0.717, 1.165) is 16.8 Å². The van der Waals surface area contributed by atoms with Gasteiger partial charge in [-0.3, -0.25) is 0 Å². The number of aromatic nitrogens is 1. The highest BCUT2D eigenvalue weighted by molar-refractivity contribution is 7.91. The van der Waals surface area contributed by atoms with Crippen LogP contribution >= 0.6 is 11.3 Å². The lowest BCUT2D eigenvalue weighted by molar-refractivity contribution is 0.299. The van der Waals surface area contributed by atoms with Crippen molar-refractivity contribution in [2.75, 3.05) is 6.54 Å². The Morgan fingerprint density at radius 1 is 1.04 bits per heavy atom. The molecule has 1 aliphatic rings. The molecule has 0 spiro atoms. The van der Waals surface area contributed by atoms with E-state index in [9.17, 15) is 8.42 Å². The average molecular weight is 358 g/mol. The van der Waals surface area contributed by atoms with E-state index in [1.807, 2.05) is 49.5 Å². The molecule has 0 saturated heterocycles. The number of fused-ring (bicyclic) bond motifs is 1. The maximum absolute atomic E-state index is 13.2. The predicted octanol–water partition coefficient (Wildman–Crippen LogP) is 3.65. The van der Waals surface area contributed by atoms with E-state index in [1.54, 1.807) is 21.8 Å². The van der Waals surface area contributed by atoms with Gasteiger partial charge in [-0.05, 0) is 36.1 Å². The Labute approximate surface area is 146 Å². The number of hydrogen-bond acceptors (Lipinski definition) is 3. The molecule has 2 aromatic heterocycles. The van der Waals surface area contributed by atoms with Crippen molar-refractivity contribution in [2.45, 2.75) is 23.7 Å². The van der Waals surface area contributed by atoms with Gasteiger partial charge in [0.25, 0.3) is 10.0 Å².